The van der Waals surface area contributed by atoms with Gasteiger partial charge in [0.1, 0.15) is 0 Å². The summed E-state index contributed by atoms with van der Waals surface area (Å²) in [5.74, 6) is -0.0375. The first-order valence-electron chi connectivity index (χ1n) is 6.54. The number of anilines is 1. The van der Waals surface area contributed by atoms with Crippen LogP contribution in [0.3, 0.4) is 0 Å². The molecule has 0 spiro atoms. The zero-order valence-corrected chi connectivity index (χ0v) is 13.8. The van der Waals surface area contributed by atoms with Crippen LogP contribution < -0.4 is 5.73 Å². The molecule has 1 aliphatic rings. The zero-order valence-electron chi connectivity index (χ0n) is 11.4. The van der Waals surface area contributed by atoms with Gasteiger partial charge in [0.25, 0.3) is 0 Å². The molecule has 0 amide bonds. The SMILES string of the molecule is CCN1CCOC(CS(=O)(=O)c2cc(Br)ccc2N)C1. The second-order valence-electron chi connectivity index (χ2n) is 4.85. The van der Waals surface area contributed by atoms with Crippen molar-refractivity contribution >= 4 is 31.5 Å². The van der Waals surface area contributed by atoms with Gasteiger partial charge in [0.2, 0.25) is 0 Å². The van der Waals surface area contributed by atoms with Gasteiger partial charge >= 0.3 is 0 Å². The number of rotatable bonds is 4. The van der Waals surface area contributed by atoms with Crippen LogP contribution in [-0.2, 0) is 14.6 Å². The van der Waals surface area contributed by atoms with E-state index in [0.29, 0.717) is 17.6 Å². The highest BCUT2D eigenvalue weighted by molar-refractivity contribution is 9.10. The third-order valence-electron chi connectivity index (χ3n) is 3.39. The molecular formula is C13H19BrN2O3S. The van der Waals surface area contributed by atoms with Crippen LogP contribution in [0.25, 0.3) is 0 Å². The first-order valence-corrected chi connectivity index (χ1v) is 8.98. The molecule has 1 heterocycles. The summed E-state index contributed by atoms with van der Waals surface area (Å²) >= 11 is 3.28. The molecule has 1 fully saturated rings. The lowest BCUT2D eigenvalue weighted by Crippen LogP contribution is -2.45. The summed E-state index contributed by atoms with van der Waals surface area (Å²) in [6.07, 6.45) is -0.299. The lowest BCUT2D eigenvalue weighted by molar-refractivity contribution is -0.0145. The second-order valence-corrected chi connectivity index (χ2v) is 7.77. The highest BCUT2D eigenvalue weighted by atomic mass is 79.9. The minimum absolute atomic E-state index is 0.0375. The quantitative estimate of drug-likeness (QED) is 0.822. The molecule has 0 aromatic heterocycles. The predicted octanol–water partition coefficient (Wildman–Crippen LogP) is 1.53. The molecule has 112 valence electrons. The maximum atomic E-state index is 12.5. The topological polar surface area (TPSA) is 72.6 Å². The summed E-state index contributed by atoms with van der Waals surface area (Å²) in [6.45, 7) is 5.03. The van der Waals surface area contributed by atoms with Crippen molar-refractivity contribution in [1.82, 2.24) is 4.90 Å². The molecule has 1 atom stereocenters. The standard InChI is InChI=1S/C13H19BrN2O3S/c1-2-16-5-6-19-11(8-16)9-20(17,18)13-7-10(14)3-4-12(13)15/h3-4,7,11H,2,5-6,8-9,15H2,1H3. The number of ether oxygens (including phenoxy) is 1. The van der Waals surface area contributed by atoms with Gasteiger partial charge in [0.05, 0.1) is 29.0 Å². The Morgan fingerprint density at radius 3 is 2.95 bits per heavy atom. The number of nitrogens with two attached hydrogens (primary N) is 1. The molecular weight excluding hydrogens is 344 g/mol. The number of nitrogen functional groups attached to an aromatic ring is 1. The van der Waals surface area contributed by atoms with Crippen molar-refractivity contribution in [3.05, 3.63) is 22.7 Å². The zero-order chi connectivity index (χ0) is 14.8. The summed E-state index contributed by atoms with van der Waals surface area (Å²) in [4.78, 5) is 2.36. The monoisotopic (exact) mass is 362 g/mol. The third kappa shape index (κ3) is 3.72. The van der Waals surface area contributed by atoms with E-state index in [-0.39, 0.29) is 22.4 Å². The van der Waals surface area contributed by atoms with Crippen LogP contribution >= 0.6 is 15.9 Å². The van der Waals surface area contributed by atoms with Crippen LogP contribution in [0.5, 0.6) is 0 Å². The maximum Gasteiger partial charge on any atom is 0.183 e. The molecule has 20 heavy (non-hydrogen) atoms. The number of likely N-dealkylation sites (N-methyl/N-ethyl adjacent to an activating group) is 1. The number of benzene rings is 1. The van der Waals surface area contributed by atoms with Crippen molar-refractivity contribution in [3.8, 4) is 0 Å². The molecule has 0 saturated carbocycles. The van der Waals surface area contributed by atoms with Crippen LogP contribution in [0, 0.1) is 0 Å². The number of nitrogens with zero attached hydrogens (tertiary/aromatic N) is 1. The molecule has 0 bridgehead atoms. The summed E-state index contributed by atoms with van der Waals surface area (Å²) in [7, 11) is -3.45. The molecule has 5 nitrogen and oxygen atoms in total. The van der Waals surface area contributed by atoms with Crippen LogP contribution in [-0.4, -0.2) is 51.4 Å². The minimum atomic E-state index is -3.45. The predicted molar refractivity (Wildman–Crippen MR) is 82.5 cm³/mol. The Morgan fingerprint density at radius 1 is 1.50 bits per heavy atom. The van der Waals surface area contributed by atoms with E-state index in [9.17, 15) is 8.42 Å². The average Bonchev–Trinajstić information content (AvgIpc) is 2.41. The normalized spacial score (nSPS) is 21.0. The molecule has 1 aliphatic heterocycles. The first kappa shape index (κ1) is 15.8. The third-order valence-corrected chi connectivity index (χ3v) is 5.71. The average molecular weight is 363 g/mol. The lowest BCUT2D eigenvalue weighted by atomic mass is 10.3. The van der Waals surface area contributed by atoms with Gasteiger partial charge in [-0.05, 0) is 24.7 Å². The number of morpholine rings is 1. The highest BCUT2D eigenvalue weighted by Crippen LogP contribution is 2.25. The van der Waals surface area contributed by atoms with Crippen molar-refractivity contribution < 1.29 is 13.2 Å². The van der Waals surface area contributed by atoms with E-state index in [2.05, 4.69) is 27.8 Å². The van der Waals surface area contributed by atoms with Gasteiger partial charge in [-0.1, -0.05) is 22.9 Å². The molecule has 7 heteroatoms. The van der Waals surface area contributed by atoms with Crippen LogP contribution in [0.15, 0.2) is 27.6 Å². The summed E-state index contributed by atoms with van der Waals surface area (Å²) < 4.78 is 31.2. The van der Waals surface area contributed by atoms with Gasteiger partial charge in [-0.15, -0.1) is 0 Å². The van der Waals surface area contributed by atoms with Gasteiger partial charge < -0.3 is 10.5 Å². The van der Waals surface area contributed by atoms with E-state index in [1.807, 2.05) is 0 Å². The van der Waals surface area contributed by atoms with Crippen LogP contribution in [0.2, 0.25) is 0 Å². The van der Waals surface area contributed by atoms with E-state index in [1.165, 1.54) is 0 Å². The molecule has 1 unspecified atom stereocenters. The Morgan fingerprint density at radius 2 is 2.25 bits per heavy atom. The number of hydrogen-bond donors (Lipinski definition) is 1. The minimum Gasteiger partial charge on any atom is -0.398 e. The van der Waals surface area contributed by atoms with Crippen molar-refractivity contribution in [1.29, 1.82) is 0 Å². The lowest BCUT2D eigenvalue weighted by Gasteiger charge is -2.31. The van der Waals surface area contributed by atoms with E-state index < -0.39 is 9.84 Å². The van der Waals surface area contributed by atoms with Gasteiger partial charge in [-0.25, -0.2) is 8.42 Å². The van der Waals surface area contributed by atoms with E-state index in [1.54, 1.807) is 18.2 Å². The molecule has 2 rings (SSSR count). The Bertz CT molecular complexity index is 577. The Balaban J connectivity index is 2.16. The molecule has 1 saturated heterocycles. The van der Waals surface area contributed by atoms with Crippen molar-refractivity contribution in [2.45, 2.75) is 17.9 Å². The molecule has 0 aliphatic carbocycles. The Labute approximate surface area is 128 Å². The first-order chi connectivity index (χ1) is 9.42. The number of hydrogen-bond acceptors (Lipinski definition) is 5. The summed E-state index contributed by atoms with van der Waals surface area (Å²) in [5, 5.41) is 0. The van der Waals surface area contributed by atoms with Crippen molar-refractivity contribution in [2.75, 3.05) is 37.7 Å². The van der Waals surface area contributed by atoms with E-state index in [0.717, 1.165) is 13.1 Å². The fourth-order valence-electron chi connectivity index (χ4n) is 2.28. The Hall–Kier alpha value is -0.630. The highest BCUT2D eigenvalue weighted by Gasteiger charge is 2.27. The molecule has 0 radical (unpaired) electrons. The molecule has 1 aromatic rings. The van der Waals surface area contributed by atoms with Gasteiger partial charge in [-0.2, -0.15) is 0 Å². The number of halogens is 1. The van der Waals surface area contributed by atoms with Crippen molar-refractivity contribution in [3.63, 3.8) is 0 Å². The number of sulfone groups is 1. The van der Waals surface area contributed by atoms with E-state index >= 15 is 0 Å². The molecule has 2 N–H and O–H groups in total. The smallest absolute Gasteiger partial charge is 0.183 e. The van der Waals surface area contributed by atoms with Crippen molar-refractivity contribution in [2.24, 2.45) is 0 Å². The fourth-order valence-corrected chi connectivity index (χ4v) is 4.40. The molecule has 1 aromatic carbocycles. The largest absolute Gasteiger partial charge is 0.398 e. The van der Waals surface area contributed by atoms with Crippen LogP contribution in [0.4, 0.5) is 5.69 Å². The van der Waals surface area contributed by atoms with Gasteiger partial charge in [-0.3, -0.25) is 4.90 Å². The summed E-state index contributed by atoms with van der Waals surface area (Å²) in [6, 6.07) is 4.87. The summed E-state index contributed by atoms with van der Waals surface area (Å²) in [5.41, 5.74) is 6.06. The van der Waals surface area contributed by atoms with Crippen LogP contribution in [0.1, 0.15) is 6.92 Å². The van der Waals surface area contributed by atoms with E-state index in [4.69, 9.17) is 10.5 Å². The van der Waals surface area contributed by atoms with Gasteiger partial charge in [0.15, 0.2) is 9.84 Å². The second kappa shape index (κ2) is 6.43. The maximum absolute atomic E-state index is 12.5. The Kier molecular flexibility index (Phi) is 5.06. The fraction of sp³-hybridized carbons (Fsp3) is 0.538. The van der Waals surface area contributed by atoms with Gasteiger partial charge in [0, 0.05) is 17.6 Å².